The molecule has 2 aromatic carbocycles. The molecule has 2 amide bonds. The number of thioether (sulfide) groups is 1. The summed E-state index contributed by atoms with van der Waals surface area (Å²) in [5, 5.41) is 2.70. The molecule has 0 spiro atoms. The maximum Gasteiger partial charge on any atom is 0.287 e. The summed E-state index contributed by atoms with van der Waals surface area (Å²) in [6.45, 7) is 0.545. The average molecular weight is 497 g/mol. The quantitative estimate of drug-likeness (QED) is 0.399. The highest BCUT2D eigenvalue weighted by atomic mass is 32.2. The molecule has 1 aromatic heterocycles. The summed E-state index contributed by atoms with van der Waals surface area (Å²) >= 11 is 6.55. The third-order valence-electron chi connectivity index (χ3n) is 5.16. The van der Waals surface area contributed by atoms with Crippen LogP contribution in [0.15, 0.2) is 63.9 Å². The summed E-state index contributed by atoms with van der Waals surface area (Å²) in [4.78, 5) is 27.2. The van der Waals surface area contributed by atoms with Crippen LogP contribution >= 0.6 is 24.0 Å². The minimum absolute atomic E-state index is 0.0475. The van der Waals surface area contributed by atoms with Crippen molar-refractivity contribution in [3.8, 4) is 22.8 Å². The van der Waals surface area contributed by atoms with Crippen molar-refractivity contribution < 1.29 is 27.9 Å². The lowest BCUT2D eigenvalue weighted by Crippen LogP contribution is -2.37. The Hall–Kier alpha value is -3.63. The van der Waals surface area contributed by atoms with Crippen LogP contribution < -0.4 is 14.8 Å². The zero-order valence-corrected chi connectivity index (χ0v) is 19.2. The predicted molar refractivity (Wildman–Crippen MR) is 129 cm³/mol. The molecular weight excluding hydrogens is 479 g/mol. The van der Waals surface area contributed by atoms with Crippen molar-refractivity contribution in [2.45, 2.75) is 0 Å². The highest BCUT2D eigenvalue weighted by molar-refractivity contribution is 8.26. The van der Waals surface area contributed by atoms with Gasteiger partial charge in [-0.15, -0.1) is 0 Å². The van der Waals surface area contributed by atoms with Gasteiger partial charge in [-0.3, -0.25) is 14.5 Å². The van der Waals surface area contributed by atoms with Gasteiger partial charge < -0.3 is 19.2 Å². The number of nitrogens with one attached hydrogen (secondary N) is 1. The van der Waals surface area contributed by atoms with Crippen LogP contribution in [-0.4, -0.2) is 40.9 Å². The first-order valence-electron chi connectivity index (χ1n) is 10.3. The fraction of sp³-hybridized carbons (Fsp3) is 0.125. The van der Waals surface area contributed by atoms with Gasteiger partial charge in [0.15, 0.2) is 17.3 Å². The number of fused-ring (bicyclic) bond motifs is 1. The van der Waals surface area contributed by atoms with E-state index in [1.54, 1.807) is 36.4 Å². The van der Waals surface area contributed by atoms with E-state index >= 15 is 0 Å². The Labute approximate surface area is 203 Å². The van der Waals surface area contributed by atoms with E-state index in [4.69, 9.17) is 26.1 Å². The van der Waals surface area contributed by atoms with Crippen LogP contribution in [0, 0.1) is 5.82 Å². The fourth-order valence-electron chi connectivity index (χ4n) is 3.48. The molecule has 0 atom stereocenters. The van der Waals surface area contributed by atoms with Crippen molar-refractivity contribution >= 4 is 46.2 Å². The van der Waals surface area contributed by atoms with Gasteiger partial charge in [-0.2, -0.15) is 0 Å². The maximum absolute atomic E-state index is 13.9. The Balaban J connectivity index is 1.19. The van der Waals surface area contributed by atoms with Crippen molar-refractivity contribution in [1.82, 2.24) is 10.2 Å². The molecule has 1 fully saturated rings. The van der Waals surface area contributed by atoms with Crippen molar-refractivity contribution in [2.75, 3.05) is 19.9 Å². The zero-order valence-electron chi connectivity index (χ0n) is 17.6. The van der Waals surface area contributed by atoms with Gasteiger partial charge in [0.05, 0.1) is 10.5 Å². The van der Waals surface area contributed by atoms with Gasteiger partial charge in [0.25, 0.3) is 11.8 Å². The van der Waals surface area contributed by atoms with E-state index in [0.717, 1.165) is 5.56 Å². The average Bonchev–Trinajstić information content (AvgIpc) is 3.55. The lowest BCUT2D eigenvalue weighted by molar-refractivity contribution is -0.122. The second kappa shape index (κ2) is 9.32. The number of amides is 2. The first-order chi connectivity index (χ1) is 16.5. The first-order valence-corrected chi connectivity index (χ1v) is 11.5. The van der Waals surface area contributed by atoms with E-state index in [2.05, 4.69) is 5.32 Å². The molecule has 2 aliphatic rings. The standard InChI is InChI=1S/C24H17FN2O5S2/c25-16-4-2-1-3-15(16)17-7-8-19(32-17)22(28)26-9-10-27-23(29)21(34-24(27)33)12-14-5-6-18-20(11-14)31-13-30-18/h1-8,11-12H,9-10,13H2,(H,26,28)/b21-12+. The molecular formula is C24H17FN2O5S2. The van der Waals surface area contributed by atoms with Gasteiger partial charge in [-0.25, -0.2) is 4.39 Å². The molecule has 7 nitrogen and oxygen atoms in total. The molecule has 34 heavy (non-hydrogen) atoms. The molecule has 0 radical (unpaired) electrons. The topological polar surface area (TPSA) is 81.0 Å². The lowest BCUT2D eigenvalue weighted by Gasteiger charge is -2.14. The van der Waals surface area contributed by atoms with Crippen LogP contribution in [0.5, 0.6) is 11.5 Å². The van der Waals surface area contributed by atoms with E-state index < -0.39 is 11.7 Å². The molecule has 0 aliphatic carbocycles. The van der Waals surface area contributed by atoms with Crippen molar-refractivity contribution in [3.63, 3.8) is 0 Å². The molecule has 1 saturated heterocycles. The molecule has 0 bridgehead atoms. The van der Waals surface area contributed by atoms with E-state index in [1.807, 2.05) is 6.07 Å². The van der Waals surface area contributed by atoms with Gasteiger partial charge in [0.2, 0.25) is 6.79 Å². The zero-order chi connectivity index (χ0) is 23.7. The summed E-state index contributed by atoms with van der Waals surface area (Å²) in [7, 11) is 0. The molecule has 1 N–H and O–H groups in total. The third kappa shape index (κ3) is 4.42. The summed E-state index contributed by atoms with van der Waals surface area (Å²) in [5.74, 6) is 0.457. The summed E-state index contributed by atoms with van der Waals surface area (Å²) < 4.78 is 30.5. The van der Waals surface area contributed by atoms with Crippen LogP contribution in [0.25, 0.3) is 17.4 Å². The highest BCUT2D eigenvalue weighted by Gasteiger charge is 2.32. The van der Waals surface area contributed by atoms with E-state index in [9.17, 15) is 14.0 Å². The molecule has 0 saturated carbocycles. The SMILES string of the molecule is O=C(NCCN1C(=O)/C(=C\c2ccc3c(c2)OCO3)SC1=S)c1ccc(-c2ccccc2F)o1. The Morgan fingerprint density at radius 3 is 2.82 bits per heavy atom. The van der Waals surface area contributed by atoms with Crippen LogP contribution in [0.1, 0.15) is 16.1 Å². The number of hydrogen-bond donors (Lipinski definition) is 1. The monoisotopic (exact) mass is 496 g/mol. The minimum Gasteiger partial charge on any atom is -0.454 e. The Bertz CT molecular complexity index is 1340. The fourth-order valence-corrected chi connectivity index (χ4v) is 4.79. The van der Waals surface area contributed by atoms with Crippen LogP contribution in [0.3, 0.4) is 0 Å². The molecule has 172 valence electrons. The van der Waals surface area contributed by atoms with Crippen molar-refractivity contribution in [1.29, 1.82) is 0 Å². The largest absolute Gasteiger partial charge is 0.454 e. The van der Waals surface area contributed by atoms with Gasteiger partial charge in [-0.1, -0.05) is 42.2 Å². The lowest BCUT2D eigenvalue weighted by atomic mass is 10.1. The minimum atomic E-state index is -0.469. The van der Waals surface area contributed by atoms with E-state index in [1.165, 1.54) is 34.9 Å². The number of nitrogens with zero attached hydrogens (tertiary/aromatic N) is 1. The summed E-state index contributed by atoms with van der Waals surface area (Å²) in [6, 6.07) is 14.6. The Morgan fingerprint density at radius 1 is 1.15 bits per heavy atom. The number of ether oxygens (including phenoxy) is 2. The molecule has 2 aliphatic heterocycles. The second-order valence-electron chi connectivity index (χ2n) is 7.35. The number of benzene rings is 2. The number of rotatable bonds is 6. The second-order valence-corrected chi connectivity index (χ2v) is 9.02. The smallest absolute Gasteiger partial charge is 0.287 e. The normalized spacial score (nSPS) is 15.9. The van der Waals surface area contributed by atoms with Crippen LogP contribution in [-0.2, 0) is 4.79 Å². The van der Waals surface area contributed by atoms with Crippen LogP contribution in [0.2, 0.25) is 0 Å². The van der Waals surface area contributed by atoms with Gasteiger partial charge in [0.1, 0.15) is 15.9 Å². The molecule has 3 heterocycles. The number of hydrogen-bond acceptors (Lipinski definition) is 7. The van der Waals surface area contributed by atoms with Crippen molar-refractivity contribution in [3.05, 3.63) is 76.6 Å². The molecule has 0 unspecified atom stereocenters. The van der Waals surface area contributed by atoms with E-state index in [0.29, 0.717) is 20.7 Å². The van der Waals surface area contributed by atoms with Crippen LogP contribution in [0.4, 0.5) is 4.39 Å². The Morgan fingerprint density at radius 2 is 1.97 bits per heavy atom. The van der Waals surface area contributed by atoms with E-state index in [-0.39, 0.29) is 42.9 Å². The first kappa shape index (κ1) is 22.2. The summed E-state index contributed by atoms with van der Waals surface area (Å²) in [5.41, 5.74) is 1.06. The Kier molecular flexibility index (Phi) is 6.08. The molecule has 3 aromatic rings. The van der Waals surface area contributed by atoms with Crippen molar-refractivity contribution in [2.24, 2.45) is 0 Å². The number of carbonyl (C=O) groups is 2. The van der Waals surface area contributed by atoms with Gasteiger partial charge in [0, 0.05) is 13.1 Å². The number of thiocarbonyl (C=S) groups is 1. The molecule has 10 heteroatoms. The summed E-state index contributed by atoms with van der Waals surface area (Å²) in [6.07, 6.45) is 1.74. The predicted octanol–water partition coefficient (Wildman–Crippen LogP) is 4.45. The number of carbonyl (C=O) groups excluding carboxylic acids is 2. The highest BCUT2D eigenvalue weighted by Crippen LogP contribution is 2.36. The third-order valence-corrected chi connectivity index (χ3v) is 6.54. The number of halogens is 1. The van der Waals surface area contributed by atoms with Gasteiger partial charge >= 0.3 is 0 Å². The number of furan rings is 1. The molecule has 5 rings (SSSR count). The maximum atomic E-state index is 13.9. The van der Waals surface area contributed by atoms with Gasteiger partial charge in [-0.05, 0) is 48.0 Å².